The molecule has 0 aliphatic carbocycles. The lowest BCUT2D eigenvalue weighted by atomic mass is 10.0. The van der Waals surface area contributed by atoms with Gasteiger partial charge >= 0.3 is 0 Å². The Bertz CT molecular complexity index is 271. The van der Waals surface area contributed by atoms with Gasteiger partial charge in [-0.25, -0.2) is 0 Å². The van der Waals surface area contributed by atoms with Gasteiger partial charge in [0.15, 0.2) is 0 Å². The summed E-state index contributed by atoms with van der Waals surface area (Å²) in [5.41, 5.74) is 0. The summed E-state index contributed by atoms with van der Waals surface area (Å²) in [6.07, 6.45) is 18.3. The van der Waals surface area contributed by atoms with Crippen LogP contribution in [0.1, 0.15) is 104 Å². The van der Waals surface area contributed by atoms with Crippen LogP contribution in [0.4, 0.5) is 0 Å². The zero-order valence-corrected chi connectivity index (χ0v) is 19.4. The molecule has 0 atom stereocenters. The van der Waals surface area contributed by atoms with E-state index in [0.29, 0.717) is 39.6 Å². The molecule has 0 heterocycles. The van der Waals surface area contributed by atoms with Crippen molar-refractivity contribution in [2.75, 3.05) is 46.2 Å². The molecule has 28 heavy (non-hydrogen) atoms. The monoisotopic (exact) mass is 402 g/mol. The third-order valence-electron chi connectivity index (χ3n) is 4.82. The highest BCUT2D eigenvalue weighted by Crippen LogP contribution is 2.12. The Morgan fingerprint density at radius 3 is 1.21 bits per heavy atom. The van der Waals surface area contributed by atoms with Crippen molar-refractivity contribution in [1.29, 1.82) is 0 Å². The molecule has 0 saturated heterocycles. The molecule has 0 aromatic carbocycles. The quantitative estimate of drug-likeness (QED) is 0.171. The Labute approximate surface area is 176 Å². The molecule has 0 rings (SSSR count). The molecular formula is C24H50O4. The molecule has 4 nitrogen and oxygen atoms in total. The van der Waals surface area contributed by atoms with Crippen LogP contribution in [0.25, 0.3) is 0 Å². The highest BCUT2D eigenvalue weighted by Gasteiger charge is 1.96. The van der Waals surface area contributed by atoms with Gasteiger partial charge in [-0.05, 0) is 20.3 Å². The summed E-state index contributed by atoms with van der Waals surface area (Å²) >= 11 is 0. The molecule has 0 N–H and O–H groups in total. The van der Waals surface area contributed by atoms with Crippen LogP contribution in [-0.4, -0.2) is 52.4 Å². The number of ether oxygens (including phenoxy) is 4. The first-order chi connectivity index (χ1) is 13.8. The van der Waals surface area contributed by atoms with E-state index in [4.69, 9.17) is 18.9 Å². The third kappa shape index (κ3) is 25.8. The molecule has 0 saturated carbocycles. The Kier molecular flexibility index (Phi) is 24.7. The fraction of sp³-hybridized carbons (Fsp3) is 1.00. The van der Waals surface area contributed by atoms with Crippen LogP contribution in [0.3, 0.4) is 0 Å². The molecule has 0 aliphatic rings. The van der Waals surface area contributed by atoms with Gasteiger partial charge in [-0.2, -0.15) is 0 Å². The maximum absolute atomic E-state index is 5.62. The molecule has 0 aromatic heterocycles. The van der Waals surface area contributed by atoms with Crippen molar-refractivity contribution in [2.45, 2.75) is 110 Å². The van der Waals surface area contributed by atoms with Gasteiger partial charge in [0.25, 0.3) is 0 Å². The van der Waals surface area contributed by atoms with Gasteiger partial charge in [0.2, 0.25) is 0 Å². The molecule has 170 valence electrons. The predicted molar refractivity (Wildman–Crippen MR) is 119 cm³/mol. The second kappa shape index (κ2) is 24.9. The molecular weight excluding hydrogens is 352 g/mol. The molecule has 0 radical (unpaired) electrons. The first-order valence-corrected chi connectivity index (χ1v) is 12.1. The highest BCUT2D eigenvalue weighted by molar-refractivity contribution is 4.49. The van der Waals surface area contributed by atoms with E-state index >= 15 is 0 Å². The summed E-state index contributed by atoms with van der Waals surface area (Å²) in [5.74, 6) is 0. The minimum atomic E-state index is 0.270. The second-order valence-electron chi connectivity index (χ2n) is 8.00. The minimum Gasteiger partial charge on any atom is -0.379 e. The minimum absolute atomic E-state index is 0.270. The number of unbranched alkanes of at least 4 members (excludes halogenated alkanes) is 12. The first-order valence-electron chi connectivity index (χ1n) is 12.1. The van der Waals surface area contributed by atoms with Crippen molar-refractivity contribution >= 4 is 0 Å². The molecule has 0 fully saturated rings. The fourth-order valence-electron chi connectivity index (χ4n) is 3.11. The summed E-state index contributed by atoms with van der Waals surface area (Å²) in [7, 11) is 0. The highest BCUT2D eigenvalue weighted by atomic mass is 16.6. The number of hydrogen-bond donors (Lipinski definition) is 0. The van der Waals surface area contributed by atoms with Crippen molar-refractivity contribution in [3.05, 3.63) is 0 Å². The molecule has 0 aromatic rings. The average Bonchev–Trinajstić information content (AvgIpc) is 2.68. The summed E-state index contributed by atoms with van der Waals surface area (Å²) < 4.78 is 21.9. The van der Waals surface area contributed by atoms with E-state index in [9.17, 15) is 0 Å². The number of rotatable bonds is 24. The largest absolute Gasteiger partial charge is 0.379 e. The maximum atomic E-state index is 5.62. The zero-order chi connectivity index (χ0) is 20.5. The Hall–Kier alpha value is -0.160. The first kappa shape index (κ1) is 27.8. The zero-order valence-electron chi connectivity index (χ0n) is 19.4. The summed E-state index contributed by atoms with van der Waals surface area (Å²) in [6, 6.07) is 0. The standard InChI is InChI=1S/C24H50O4/c1-4-5-6-7-8-9-10-11-12-13-14-15-16-17-25-18-19-26-20-21-27-22-23-28-24(2)3/h24H,4-23H2,1-3H3. The molecule has 4 heteroatoms. The summed E-state index contributed by atoms with van der Waals surface area (Å²) in [4.78, 5) is 0. The van der Waals surface area contributed by atoms with Crippen molar-refractivity contribution in [3.63, 3.8) is 0 Å². The van der Waals surface area contributed by atoms with E-state index in [-0.39, 0.29) is 6.10 Å². The lowest BCUT2D eigenvalue weighted by Crippen LogP contribution is -2.13. The molecule has 0 aliphatic heterocycles. The molecule has 0 bridgehead atoms. The van der Waals surface area contributed by atoms with Gasteiger partial charge in [-0.15, -0.1) is 0 Å². The topological polar surface area (TPSA) is 36.9 Å². The van der Waals surface area contributed by atoms with Crippen LogP contribution < -0.4 is 0 Å². The van der Waals surface area contributed by atoms with E-state index in [2.05, 4.69) is 6.92 Å². The third-order valence-corrected chi connectivity index (χ3v) is 4.82. The smallest absolute Gasteiger partial charge is 0.0703 e. The van der Waals surface area contributed by atoms with Crippen LogP contribution in [0.15, 0.2) is 0 Å². The molecule has 0 unspecified atom stereocenters. The van der Waals surface area contributed by atoms with Crippen LogP contribution in [0.5, 0.6) is 0 Å². The Balaban J connectivity index is 2.98. The summed E-state index contributed by atoms with van der Waals surface area (Å²) in [5, 5.41) is 0. The van der Waals surface area contributed by atoms with E-state index in [1.165, 1.54) is 83.5 Å². The summed E-state index contributed by atoms with van der Waals surface area (Å²) in [6.45, 7) is 11.1. The lowest BCUT2D eigenvalue weighted by Gasteiger charge is -2.09. The molecule has 0 spiro atoms. The average molecular weight is 403 g/mol. The predicted octanol–water partition coefficient (Wildman–Crippen LogP) is 6.55. The van der Waals surface area contributed by atoms with Gasteiger partial charge in [0.1, 0.15) is 0 Å². The van der Waals surface area contributed by atoms with Crippen LogP contribution in [-0.2, 0) is 18.9 Å². The van der Waals surface area contributed by atoms with Gasteiger partial charge < -0.3 is 18.9 Å². The molecule has 0 amide bonds. The van der Waals surface area contributed by atoms with Crippen molar-refractivity contribution in [1.82, 2.24) is 0 Å². The second-order valence-corrected chi connectivity index (χ2v) is 8.00. The SMILES string of the molecule is CCCCCCCCCCCCCCCOCCOCCOCCOC(C)C. The van der Waals surface area contributed by atoms with E-state index in [1.54, 1.807) is 0 Å². The van der Waals surface area contributed by atoms with E-state index in [1.807, 2.05) is 13.8 Å². The fourth-order valence-corrected chi connectivity index (χ4v) is 3.11. The van der Waals surface area contributed by atoms with E-state index < -0.39 is 0 Å². The van der Waals surface area contributed by atoms with Gasteiger partial charge in [-0.3, -0.25) is 0 Å². The van der Waals surface area contributed by atoms with Crippen LogP contribution in [0, 0.1) is 0 Å². The normalized spacial score (nSPS) is 11.6. The Morgan fingerprint density at radius 1 is 0.429 bits per heavy atom. The van der Waals surface area contributed by atoms with Gasteiger partial charge in [-0.1, -0.05) is 84.0 Å². The maximum Gasteiger partial charge on any atom is 0.0703 e. The van der Waals surface area contributed by atoms with Crippen LogP contribution >= 0.6 is 0 Å². The Morgan fingerprint density at radius 2 is 0.786 bits per heavy atom. The number of hydrogen-bond acceptors (Lipinski definition) is 4. The van der Waals surface area contributed by atoms with Gasteiger partial charge in [0, 0.05) is 6.61 Å². The van der Waals surface area contributed by atoms with Crippen molar-refractivity contribution in [2.24, 2.45) is 0 Å². The van der Waals surface area contributed by atoms with Crippen molar-refractivity contribution in [3.8, 4) is 0 Å². The lowest BCUT2D eigenvalue weighted by molar-refractivity contribution is -0.0119. The van der Waals surface area contributed by atoms with Crippen LogP contribution in [0.2, 0.25) is 0 Å². The van der Waals surface area contributed by atoms with Crippen molar-refractivity contribution < 1.29 is 18.9 Å². The van der Waals surface area contributed by atoms with Gasteiger partial charge in [0.05, 0.1) is 45.7 Å². The van der Waals surface area contributed by atoms with E-state index in [0.717, 1.165) is 6.61 Å².